The molecule has 1 aromatic carbocycles. The van der Waals surface area contributed by atoms with Crippen LogP contribution in [0.4, 0.5) is 5.69 Å². The Labute approximate surface area is 132 Å². The van der Waals surface area contributed by atoms with Crippen molar-refractivity contribution in [2.45, 2.75) is 53.9 Å². The van der Waals surface area contributed by atoms with Crippen molar-refractivity contribution < 1.29 is 9.59 Å². The molecule has 3 heteroatoms. The molecule has 22 heavy (non-hydrogen) atoms. The van der Waals surface area contributed by atoms with Crippen molar-refractivity contribution in [3.05, 3.63) is 29.3 Å². The van der Waals surface area contributed by atoms with Gasteiger partial charge in [-0.1, -0.05) is 32.9 Å². The number of Topliss-reactive ketones (excluding diaryl/α,β-unsaturated/α-hetero) is 1. The highest BCUT2D eigenvalue weighted by atomic mass is 16.2. The molecule has 2 atom stereocenters. The van der Waals surface area contributed by atoms with E-state index in [0.29, 0.717) is 6.42 Å². The zero-order valence-electron chi connectivity index (χ0n) is 14.2. The Morgan fingerprint density at radius 2 is 1.82 bits per heavy atom. The zero-order valence-corrected chi connectivity index (χ0v) is 14.2. The molecule has 2 bridgehead atoms. The van der Waals surface area contributed by atoms with Gasteiger partial charge in [-0.05, 0) is 49.3 Å². The van der Waals surface area contributed by atoms with Gasteiger partial charge in [-0.25, -0.2) is 0 Å². The van der Waals surface area contributed by atoms with Crippen LogP contribution in [-0.2, 0) is 9.59 Å². The third kappa shape index (κ3) is 1.68. The van der Waals surface area contributed by atoms with Crippen molar-refractivity contribution in [2.24, 2.45) is 16.2 Å². The number of fused-ring (bicyclic) bond motifs is 2. The predicted molar refractivity (Wildman–Crippen MR) is 87.7 cm³/mol. The van der Waals surface area contributed by atoms with E-state index in [0.717, 1.165) is 29.7 Å². The fourth-order valence-corrected chi connectivity index (χ4v) is 4.47. The van der Waals surface area contributed by atoms with Crippen molar-refractivity contribution in [3.63, 3.8) is 0 Å². The van der Waals surface area contributed by atoms with E-state index < -0.39 is 5.41 Å². The van der Waals surface area contributed by atoms with Gasteiger partial charge in [0.1, 0.15) is 5.78 Å². The molecule has 2 saturated carbocycles. The minimum atomic E-state index is -0.560. The van der Waals surface area contributed by atoms with E-state index in [4.69, 9.17) is 0 Å². The largest absolute Gasteiger partial charge is 0.325 e. The monoisotopic (exact) mass is 299 g/mol. The fourth-order valence-electron chi connectivity index (χ4n) is 4.47. The number of rotatable bonds is 2. The quantitative estimate of drug-likeness (QED) is 0.896. The summed E-state index contributed by atoms with van der Waals surface area (Å²) in [5.41, 5.74) is 1.83. The maximum atomic E-state index is 13.1. The first-order chi connectivity index (χ1) is 10.1. The van der Waals surface area contributed by atoms with Gasteiger partial charge in [0.05, 0.1) is 5.41 Å². The summed E-state index contributed by atoms with van der Waals surface area (Å²) in [7, 11) is 0. The number of aryl methyl sites for hydroxylation is 2. The van der Waals surface area contributed by atoms with Crippen LogP contribution >= 0.6 is 0 Å². The average molecular weight is 299 g/mol. The van der Waals surface area contributed by atoms with Gasteiger partial charge in [-0.2, -0.15) is 0 Å². The Bertz CT molecular complexity index is 676. The number of amides is 1. The fraction of sp³-hybridized carbons (Fsp3) is 0.579. The first-order valence-corrected chi connectivity index (χ1v) is 8.06. The lowest BCUT2D eigenvalue weighted by Gasteiger charge is -2.38. The third-order valence-corrected chi connectivity index (χ3v) is 6.78. The second-order valence-electron chi connectivity index (χ2n) is 7.91. The molecule has 0 aliphatic heterocycles. The van der Waals surface area contributed by atoms with E-state index in [1.807, 2.05) is 39.0 Å². The molecule has 3 rings (SSSR count). The summed E-state index contributed by atoms with van der Waals surface area (Å²) in [6.07, 6.45) is 2.01. The topological polar surface area (TPSA) is 46.2 Å². The summed E-state index contributed by atoms with van der Waals surface area (Å²) < 4.78 is 0. The third-order valence-electron chi connectivity index (χ3n) is 6.78. The first kappa shape index (κ1) is 15.3. The van der Waals surface area contributed by atoms with E-state index in [1.54, 1.807) is 0 Å². The average Bonchev–Trinajstić information content (AvgIpc) is 2.73. The number of carbonyl (C=O) groups is 2. The lowest BCUT2D eigenvalue weighted by molar-refractivity contribution is -0.131. The van der Waals surface area contributed by atoms with E-state index in [9.17, 15) is 9.59 Å². The number of hydrogen-bond donors (Lipinski definition) is 1. The minimum absolute atomic E-state index is 0.0146. The molecule has 1 amide bonds. The minimum Gasteiger partial charge on any atom is -0.325 e. The number of carbonyl (C=O) groups excluding carboxylic acids is 2. The van der Waals surface area contributed by atoms with E-state index in [1.165, 1.54) is 0 Å². The molecular weight excluding hydrogens is 274 g/mol. The summed E-state index contributed by atoms with van der Waals surface area (Å²) in [5, 5.41) is 3.11. The van der Waals surface area contributed by atoms with E-state index in [-0.39, 0.29) is 22.5 Å². The van der Waals surface area contributed by atoms with Crippen molar-refractivity contribution in [1.82, 2.24) is 0 Å². The van der Waals surface area contributed by atoms with Gasteiger partial charge in [0.2, 0.25) is 5.91 Å². The standard InChI is InChI=1S/C19H25NO2/c1-12-6-7-13(2)14(10-12)20-16(22)19-9-8-18(5,15(21)11-19)17(19,3)4/h6-7,10H,8-9,11H2,1-5H3,(H,20,22). The lowest BCUT2D eigenvalue weighted by Crippen LogP contribution is -2.43. The van der Waals surface area contributed by atoms with E-state index >= 15 is 0 Å². The van der Waals surface area contributed by atoms with Gasteiger partial charge in [0, 0.05) is 17.5 Å². The summed E-state index contributed by atoms with van der Waals surface area (Å²) in [4.78, 5) is 25.6. The van der Waals surface area contributed by atoms with Gasteiger partial charge in [-0.15, -0.1) is 0 Å². The highest BCUT2D eigenvalue weighted by Crippen LogP contribution is 2.70. The zero-order chi connectivity index (χ0) is 16.3. The molecule has 0 radical (unpaired) electrons. The predicted octanol–water partition coefficient (Wildman–Crippen LogP) is 4.03. The number of ketones is 1. The normalized spacial score (nSPS) is 32.3. The molecule has 0 heterocycles. The van der Waals surface area contributed by atoms with Crippen LogP contribution in [0, 0.1) is 30.1 Å². The van der Waals surface area contributed by atoms with Crippen molar-refractivity contribution in [2.75, 3.05) is 5.32 Å². The van der Waals surface area contributed by atoms with Gasteiger partial charge in [0.15, 0.2) is 0 Å². The molecule has 0 spiro atoms. The van der Waals surface area contributed by atoms with Crippen LogP contribution in [0.2, 0.25) is 0 Å². The maximum Gasteiger partial charge on any atom is 0.231 e. The summed E-state index contributed by atoms with van der Waals surface area (Å²) in [5.74, 6) is 0.264. The Morgan fingerprint density at radius 1 is 1.14 bits per heavy atom. The molecule has 1 aromatic rings. The second-order valence-corrected chi connectivity index (χ2v) is 7.91. The Balaban J connectivity index is 1.96. The van der Waals surface area contributed by atoms with Crippen molar-refractivity contribution in [3.8, 4) is 0 Å². The van der Waals surface area contributed by atoms with Crippen LogP contribution in [0.15, 0.2) is 18.2 Å². The highest BCUT2D eigenvalue weighted by Gasteiger charge is 2.72. The Hall–Kier alpha value is -1.64. The molecule has 0 saturated heterocycles. The SMILES string of the molecule is Cc1ccc(C)c(NC(=O)C23CCC(C)(C(=O)C2)C3(C)C)c1. The van der Waals surface area contributed by atoms with Gasteiger partial charge >= 0.3 is 0 Å². The molecular formula is C19H25NO2. The Kier molecular flexibility index (Phi) is 3.08. The van der Waals surface area contributed by atoms with Gasteiger partial charge < -0.3 is 5.32 Å². The van der Waals surface area contributed by atoms with Gasteiger partial charge in [0.25, 0.3) is 0 Å². The Morgan fingerprint density at radius 3 is 2.36 bits per heavy atom. The second kappa shape index (κ2) is 4.43. The summed E-state index contributed by atoms with van der Waals surface area (Å²) in [6.45, 7) is 10.2. The smallest absolute Gasteiger partial charge is 0.231 e. The van der Waals surface area contributed by atoms with Gasteiger partial charge in [-0.3, -0.25) is 9.59 Å². The van der Waals surface area contributed by atoms with Crippen LogP contribution in [0.3, 0.4) is 0 Å². The summed E-state index contributed by atoms with van der Waals surface area (Å²) in [6, 6.07) is 6.06. The lowest BCUT2D eigenvalue weighted by atomic mass is 9.64. The van der Waals surface area contributed by atoms with Crippen LogP contribution in [0.1, 0.15) is 51.2 Å². The molecule has 118 valence electrons. The van der Waals surface area contributed by atoms with Crippen molar-refractivity contribution >= 4 is 17.4 Å². The molecule has 2 aliphatic carbocycles. The number of hydrogen-bond acceptors (Lipinski definition) is 2. The molecule has 2 unspecified atom stereocenters. The summed E-state index contributed by atoms with van der Waals surface area (Å²) >= 11 is 0. The molecule has 1 N–H and O–H groups in total. The molecule has 0 aromatic heterocycles. The molecule has 3 nitrogen and oxygen atoms in total. The van der Waals surface area contributed by atoms with Crippen LogP contribution in [0.25, 0.3) is 0 Å². The van der Waals surface area contributed by atoms with Crippen LogP contribution in [0.5, 0.6) is 0 Å². The number of anilines is 1. The molecule has 2 fully saturated rings. The highest BCUT2D eigenvalue weighted by molar-refractivity contribution is 6.04. The number of nitrogens with one attached hydrogen (secondary N) is 1. The number of benzene rings is 1. The maximum absolute atomic E-state index is 13.1. The van der Waals surface area contributed by atoms with Crippen molar-refractivity contribution in [1.29, 1.82) is 0 Å². The first-order valence-electron chi connectivity index (χ1n) is 8.06. The van der Waals surface area contributed by atoms with Crippen LogP contribution in [-0.4, -0.2) is 11.7 Å². The van der Waals surface area contributed by atoms with Crippen LogP contribution < -0.4 is 5.32 Å². The molecule has 2 aliphatic rings. The van der Waals surface area contributed by atoms with E-state index in [2.05, 4.69) is 19.2 Å².